The molecule has 29 heavy (non-hydrogen) atoms. The van der Waals surface area contributed by atoms with Crippen LogP contribution < -0.4 is 20.3 Å². The number of ether oxygens (including phenoxy) is 2. The van der Waals surface area contributed by atoms with Crippen LogP contribution in [0.15, 0.2) is 41.2 Å². The van der Waals surface area contributed by atoms with E-state index >= 15 is 0 Å². The molecule has 150 valence electrons. The van der Waals surface area contributed by atoms with Gasteiger partial charge in [-0.15, -0.1) is 11.3 Å². The highest BCUT2D eigenvalue weighted by Crippen LogP contribution is 2.31. The number of amides is 1. The molecule has 0 spiro atoms. The molecule has 0 bridgehead atoms. The second-order valence-corrected chi connectivity index (χ2v) is 7.79. The maximum Gasteiger partial charge on any atom is 0.266 e. The van der Waals surface area contributed by atoms with Crippen LogP contribution in [0.3, 0.4) is 0 Å². The van der Waals surface area contributed by atoms with Crippen LogP contribution >= 0.6 is 11.3 Å². The molecule has 0 aliphatic carbocycles. The highest BCUT2D eigenvalue weighted by Gasteiger charge is 2.26. The van der Waals surface area contributed by atoms with E-state index in [0.29, 0.717) is 17.2 Å². The van der Waals surface area contributed by atoms with E-state index in [4.69, 9.17) is 9.47 Å². The predicted octanol–water partition coefficient (Wildman–Crippen LogP) is 1.94. The molecule has 0 fully saturated rings. The SMILES string of the molecule is Cc1nc(C)c(-c2ccc(=O)n(CCNC(=O)C3COc4ccccc4O3)n2)s1. The lowest BCUT2D eigenvalue weighted by Crippen LogP contribution is -2.45. The van der Waals surface area contributed by atoms with E-state index in [1.165, 1.54) is 22.1 Å². The molecule has 9 heteroatoms. The lowest BCUT2D eigenvalue weighted by atomic mass is 10.2. The lowest BCUT2D eigenvalue weighted by molar-refractivity contribution is -0.130. The van der Waals surface area contributed by atoms with Crippen molar-refractivity contribution in [1.82, 2.24) is 20.1 Å². The molecule has 1 aromatic carbocycles. The molecule has 1 atom stereocenters. The molecular formula is C20H20N4O4S. The van der Waals surface area contributed by atoms with Crippen LogP contribution in [-0.4, -0.2) is 39.9 Å². The number of para-hydroxylation sites is 2. The summed E-state index contributed by atoms with van der Waals surface area (Å²) in [6.45, 7) is 4.49. The fourth-order valence-electron chi connectivity index (χ4n) is 3.05. The van der Waals surface area contributed by atoms with Gasteiger partial charge in [-0.2, -0.15) is 5.10 Å². The number of nitrogens with zero attached hydrogens (tertiary/aromatic N) is 3. The Labute approximate surface area is 171 Å². The number of benzene rings is 1. The van der Waals surface area contributed by atoms with E-state index in [1.54, 1.807) is 18.2 Å². The van der Waals surface area contributed by atoms with Crippen molar-refractivity contribution in [2.75, 3.05) is 13.2 Å². The molecule has 4 rings (SSSR count). The van der Waals surface area contributed by atoms with Gasteiger partial charge in [-0.25, -0.2) is 9.67 Å². The molecule has 2 aromatic heterocycles. The Morgan fingerprint density at radius 1 is 1.24 bits per heavy atom. The second-order valence-electron chi connectivity index (χ2n) is 6.58. The van der Waals surface area contributed by atoms with Crippen molar-refractivity contribution >= 4 is 17.2 Å². The molecule has 3 aromatic rings. The van der Waals surface area contributed by atoms with Gasteiger partial charge in [0.15, 0.2) is 11.5 Å². The minimum atomic E-state index is -0.733. The predicted molar refractivity (Wildman–Crippen MR) is 108 cm³/mol. The zero-order chi connectivity index (χ0) is 20.4. The molecule has 8 nitrogen and oxygen atoms in total. The van der Waals surface area contributed by atoms with Crippen molar-refractivity contribution in [2.45, 2.75) is 26.5 Å². The molecule has 0 radical (unpaired) electrons. The largest absolute Gasteiger partial charge is 0.485 e. The van der Waals surface area contributed by atoms with Crippen LogP contribution in [0.1, 0.15) is 10.7 Å². The van der Waals surface area contributed by atoms with Crippen molar-refractivity contribution in [3.63, 3.8) is 0 Å². The van der Waals surface area contributed by atoms with E-state index in [0.717, 1.165) is 15.6 Å². The lowest BCUT2D eigenvalue weighted by Gasteiger charge is -2.25. The summed E-state index contributed by atoms with van der Waals surface area (Å²) in [4.78, 5) is 29.9. The molecule has 1 aliphatic heterocycles. The first kappa shape index (κ1) is 19.1. The molecule has 1 amide bonds. The number of fused-ring (bicyclic) bond motifs is 1. The van der Waals surface area contributed by atoms with E-state index < -0.39 is 6.10 Å². The minimum absolute atomic E-state index is 0.139. The standard InChI is InChI=1S/C20H20N4O4S/c1-12-19(29-13(2)22-12)14-7-8-18(25)24(23-14)10-9-21-20(26)17-11-27-15-5-3-4-6-16(15)28-17/h3-8,17H,9-11H2,1-2H3,(H,21,26). The Hall–Kier alpha value is -3.20. The van der Waals surface area contributed by atoms with Crippen molar-refractivity contribution in [3.8, 4) is 22.1 Å². The number of rotatable bonds is 5. The van der Waals surface area contributed by atoms with Crippen molar-refractivity contribution in [3.05, 3.63) is 57.5 Å². The number of aryl methyl sites for hydroxylation is 2. The summed E-state index contributed by atoms with van der Waals surface area (Å²) >= 11 is 1.53. The zero-order valence-electron chi connectivity index (χ0n) is 16.0. The first-order valence-electron chi connectivity index (χ1n) is 9.20. The van der Waals surface area contributed by atoms with Crippen LogP contribution in [0, 0.1) is 13.8 Å². The topological polar surface area (TPSA) is 95.3 Å². The average molecular weight is 412 g/mol. The van der Waals surface area contributed by atoms with E-state index in [2.05, 4.69) is 15.4 Å². The summed E-state index contributed by atoms with van der Waals surface area (Å²) in [5.74, 6) is 0.870. The van der Waals surface area contributed by atoms with Crippen molar-refractivity contribution in [2.24, 2.45) is 0 Å². The van der Waals surface area contributed by atoms with E-state index in [1.807, 2.05) is 26.0 Å². The molecule has 1 aliphatic rings. The van der Waals surface area contributed by atoms with Gasteiger partial charge in [-0.05, 0) is 32.0 Å². The fraction of sp³-hybridized carbons (Fsp3) is 0.300. The number of nitrogens with one attached hydrogen (secondary N) is 1. The molecule has 0 saturated carbocycles. The van der Waals surface area contributed by atoms with Crippen LogP contribution in [0.2, 0.25) is 0 Å². The third kappa shape index (κ3) is 4.14. The Morgan fingerprint density at radius 2 is 2.03 bits per heavy atom. The maximum atomic E-state index is 12.4. The molecule has 1 unspecified atom stereocenters. The summed E-state index contributed by atoms with van der Waals surface area (Å²) in [7, 11) is 0. The van der Waals surface area contributed by atoms with Gasteiger partial charge >= 0.3 is 0 Å². The number of aromatic nitrogens is 3. The van der Waals surface area contributed by atoms with E-state index in [9.17, 15) is 9.59 Å². The Kier molecular flexibility index (Phi) is 5.30. The second kappa shape index (κ2) is 8.04. The summed E-state index contributed by atoms with van der Waals surface area (Å²) in [6, 6.07) is 10.4. The Bertz CT molecular complexity index is 1110. The quantitative estimate of drug-likeness (QED) is 0.688. The first-order valence-corrected chi connectivity index (χ1v) is 10.0. The van der Waals surface area contributed by atoms with Gasteiger partial charge in [-0.1, -0.05) is 12.1 Å². The number of carbonyl (C=O) groups is 1. The van der Waals surface area contributed by atoms with E-state index in [-0.39, 0.29) is 31.2 Å². The number of hydrogen-bond donors (Lipinski definition) is 1. The minimum Gasteiger partial charge on any atom is -0.485 e. The maximum absolute atomic E-state index is 12.4. The smallest absolute Gasteiger partial charge is 0.266 e. The molecular weight excluding hydrogens is 392 g/mol. The third-order valence-electron chi connectivity index (χ3n) is 4.43. The summed E-state index contributed by atoms with van der Waals surface area (Å²) < 4.78 is 12.6. The number of hydrogen-bond acceptors (Lipinski definition) is 7. The molecule has 3 heterocycles. The van der Waals surface area contributed by atoms with Gasteiger partial charge in [0.2, 0.25) is 6.10 Å². The van der Waals surface area contributed by atoms with Gasteiger partial charge in [0.25, 0.3) is 11.5 Å². The Morgan fingerprint density at radius 3 is 2.79 bits per heavy atom. The first-order chi connectivity index (χ1) is 14.0. The van der Waals surface area contributed by atoms with Gasteiger partial charge in [0.05, 0.1) is 22.1 Å². The van der Waals surface area contributed by atoms with Crippen molar-refractivity contribution in [1.29, 1.82) is 0 Å². The highest BCUT2D eigenvalue weighted by molar-refractivity contribution is 7.15. The zero-order valence-corrected chi connectivity index (χ0v) is 16.9. The van der Waals surface area contributed by atoms with Crippen LogP contribution in [0.5, 0.6) is 11.5 Å². The van der Waals surface area contributed by atoms with Gasteiger partial charge in [-0.3, -0.25) is 9.59 Å². The van der Waals surface area contributed by atoms with Gasteiger partial charge in [0.1, 0.15) is 12.3 Å². The number of carbonyl (C=O) groups excluding carboxylic acids is 1. The average Bonchev–Trinajstić information content (AvgIpc) is 3.07. The third-order valence-corrected chi connectivity index (χ3v) is 5.52. The normalized spacial score (nSPS) is 15.2. The van der Waals surface area contributed by atoms with Crippen molar-refractivity contribution < 1.29 is 14.3 Å². The monoisotopic (exact) mass is 412 g/mol. The van der Waals surface area contributed by atoms with Crippen LogP contribution in [0.25, 0.3) is 10.6 Å². The van der Waals surface area contributed by atoms with Gasteiger partial charge < -0.3 is 14.8 Å². The van der Waals surface area contributed by atoms with Crippen LogP contribution in [0.4, 0.5) is 0 Å². The Balaban J connectivity index is 1.38. The van der Waals surface area contributed by atoms with Crippen LogP contribution in [-0.2, 0) is 11.3 Å². The summed E-state index contributed by atoms with van der Waals surface area (Å²) in [5.41, 5.74) is 1.35. The fourth-order valence-corrected chi connectivity index (χ4v) is 3.93. The molecule has 1 N–H and O–H groups in total. The van der Waals surface area contributed by atoms with Gasteiger partial charge in [0, 0.05) is 12.6 Å². The summed E-state index contributed by atoms with van der Waals surface area (Å²) in [6.07, 6.45) is -0.733. The summed E-state index contributed by atoms with van der Waals surface area (Å²) in [5, 5.41) is 8.15. The number of thiazole rings is 1. The highest BCUT2D eigenvalue weighted by atomic mass is 32.1. The molecule has 0 saturated heterocycles.